The van der Waals surface area contributed by atoms with Crippen molar-refractivity contribution in [2.75, 3.05) is 51.1 Å². The second-order valence-electron chi connectivity index (χ2n) is 13.4. The first-order chi connectivity index (χ1) is 22.8. The van der Waals surface area contributed by atoms with Crippen molar-refractivity contribution in [3.05, 3.63) is 59.7 Å². The highest BCUT2D eigenvalue weighted by Gasteiger charge is 2.36. The lowest BCUT2D eigenvalue weighted by Crippen LogP contribution is -2.55. The molecule has 3 fully saturated rings. The zero-order chi connectivity index (χ0) is 32.9. The smallest absolute Gasteiger partial charge is 0.410 e. The first-order valence-corrected chi connectivity index (χ1v) is 17.5. The van der Waals surface area contributed by atoms with Crippen molar-refractivity contribution < 1.29 is 24.2 Å². The summed E-state index contributed by atoms with van der Waals surface area (Å²) >= 11 is 0. The Balaban J connectivity index is 1.11. The lowest BCUT2D eigenvalue weighted by atomic mass is 9.71. The van der Waals surface area contributed by atoms with Gasteiger partial charge in [-0.25, -0.2) is 9.59 Å². The molecule has 0 aromatic heterocycles. The summed E-state index contributed by atoms with van der Waals surface area (Å²) in [7, 11) is 0.623. The molecule has 10 nitrogen and oxygen atoms in total. The molecule has 2 aromatic rings. The predicted octanol–water partition coefficient (Wildman–Crippen LogP) is 3.83. The fraction of sp³-hybridized carbons (Fsp3) is 0.528. The number of fused-ring (bicyclic) bond motifs is 1. The van der Waals surface area contributed by atoms with E-state index in [0.717, 1.165) is 41.8 Å². The third kappa shape index (κ3) is 7.45. The topological polar surface area (TPSA) is 106 Å². The van der Waals surface area contributed by atoms with Gasteiger partial charge >= 0.3 is 12.1 Å². The number of likely N-dealkylation sites (tertiary alicyclic amines) is 1. The number of piperazine rings is 1. The van der Waals surface area contributed by atoms with Crippen molar-refractivity contribution in [3.63, 3.8) is 0 Å². The molecule has 0 spiro atoms. The third-order valence-electron chi connectivity index (χ3n) is 10.6. The van der Waals surface area contributed by atoms with E-state index in [4.69, 9.17) is 4.74 Å². The van der Waals surface area contributed by atoms with Crippen molar-refractivity contribution in [1.29, 1.82) is 0 Å². The van der Waals surface area contributed by atoms with Gasteiger partial charge in [-0.1, -0.05) is 56.6 Å². The molecule has 47 heavy (non-hydrogen) atoms. The largest absolute Gasteiger partial charge is 0.508 e. The first kappa shape index (κ1) is 32.9. The minimum absolute atomic E-state index is 0.0174. The number of para-hydroxylation sites is 1. The third-order valence-corrected chi connectivity index (χ3v) is 10.6. The van der Waals surface area contributed by atoms with Gasteiger partial charge in [0.15, 0.2) is 13.4 Å². The molecular formula is C36H48BN5O5. The van der Waals surface area contributed by atoms with E-state index in [1.807, 2.05) is 53.0 Å². The van der Waals surface area contributed by atoms with Crippen LogP contribution in [0.3, 0.4) is 0 Å². The molecule has 4 aliphatic rings. The molecule has 1 aliphatic carbocycles. The lowest BCUT2D eigenvalue weighted by Gasteiger charge is -2.40. The molecule has 2 N–H and O–H groups in total. The number of ether oxygens (including phenoxy) is 1. The van der Waals surface area contributed by atoms with Crippen LogP contribution in [-0.2, 0) is 22.4 Å². The summed E-state index contributed by atoms with van der Waals surface area (Å²) in [5, 5.41) is 13.7. The molecule has 2 saturated heterocycles. The number of nitrogens with one attached hydrogen (secondary N) is 1. The van der Waals surface area contributed by atoms with E-state index in [1.165, 1.54) is 25.7 Å². The van der Waals surface area contributed by atoms with Gasteiger partial charge in [0.2, 0.25) is 0 Å². The van der Waals surface area contributed by atoms with Gasteiger partial charge in [0.05, 0.1) is 0 Å². The van der Waals surface area contributed by atoms with Gasteiger partial charge in [-0.15, -0.1) is 0 Å². The summed E-state index contributed by atoms with van der Waals surface area (Å²) in [5.74, 6) is 0.0189. The van der Waals surface area contributed by atoms with Crippen LogP contribution in [0.15, 0.2) is 43.0 Å². The van der Waals surface area contributed by atoms with Crippen molar-refractivity contribution in [3.8, 4) is 5.75 Å². The Bertz CT molecular complexity index is 1460. The summed E-state index contributed by atoms with van der Waals surface area (Å²) in [6.45, 7) is 10.2. The van der Waals surface area contributed by atoms with Gasteiger partial charge in [-0.2, -0.15) is 0 Å². The number of aromatic hydroxyl groups is 1. The van der Waals surface area contributed by atoms with Gasteiger partial charge in [0.1, 0.15) is 5.75 Å². The molecular weight excluding hydrogens is 593 g/mol. The van der Waals surface area contributed by atoms with Crippen LogP contribution in [0.2, 0.25) is 6.82 Å². The maximum Gasteiger partial charge on any atom is 0.410 e. The number of hydrogen-bond acceptors (Lipinski definition) is 6. The first-order valence-electron chi connectivity index (χ1n) is 17.5. The van der Waals surface area contributed by atoms with Crippen molar-refractivity contribution in [1.82, 2.24) is 19.6 Å². The monoisotopic (exact) mass is 641 g/mol. The number of rotatable bonds is 8. The van der Waals surface area contributed by atoms with Gasteiger partial charge < -0.3 is 29.9 Å². The SMILES string of the molecule is C=Cc1cc(C[C@@H](OC(=O)N2CCC(N3CCc4ccccc4NC3=O)CC2)C(=O)N2CCN(C3CCCC3)CC2)cc(BC)c1O. The standard InChI is InChI=1S/C36H48BN5O5/c1-3-26-22-25(23-30(37-2)33(26)43)24-32(34(44)40-20-18-39(19-21-40)28-9-5-6-10-28)47-36(46)41-15-13-29(14-16-41)42-17-12-27-8-4-7-11-31(27)38-35(42)45/h3-4,7-8,11,22-23,28-29,32,37,43H,1,5-6,9-10,12-21,24H2,2H3,(H,38,45)/t32-/m1/s1. The van der Waals surface area contributed by atoms with Gasteiger partial charge in [0.25, 0.3) is 5.91 Å². The highest BCUT2D eigenvalue weighted by atomic mass is 16.6. The van der Waals surface area contributed by atoms with Crippen LogP contribution in [0, 0.1) is 0 Å². The second-order valence-corrected chi connectivity index (χ2v) is 13.4. The Labute approximate surface area is 279 Å². The van der Waals surface area contributed by atoms with Crippen LogP contribution in [-0.4, -0.2) is 114 Å². The summed E-state index contributed by atoms with van der Waals surface area (Å²) in [6, 6.07) is 12.1. The number of urea groups is 1. The average Bonchev–Trinajstić information content (AvgIpc) is 3.59. The number of anilines is 1. The molecule has 3 aliphatic heterocycles. The van der Waals surface area contributed by atoms with Crippen molar-refractivity contribution >= 4 is 42.5 Å². The fourth-order valence-electron chi connectivity index (χ4n) is 7.80. The van der Waals surface area contributed by atoms with E-state index in [1.54, 1.807) is 11.0 Å². The Hall–Kier alpha value is -3.99. The van der Waals surface area contributed by atoms with Crippen LogP contribution < -0.4 is 10.8 Å². The maximum atomic E-state index is 14.0. The van der Waals surface area contributed by atoms with Crippen LogP contribution >= 0.6 is 0 Å². The van der Waals surface area contributed by atoms with E-state index in [2.05, 4.69) is 16.8 Å². The van der Waals surface area contributed by atoms with Crippen LogP contribution in [0.25, 0.3) is 6.08 Å². The normalized spacial score (nSPS) is 20.3. The molecule has 0 unspecified atom stereocenters. The molecule has 2 aromatic carbocycles. The summed E-state index contributed by atoms with van der Waals surface area (Å²) in [6.07, 6.45) is 7.40. The highest BCUT2D eigenvalue weighted by molar-refractivity contribution is 6.53. The molecule has 250 valence electrons. The molecule has 1 atom stereocenters. The van der Waals surface area contributed by atoms with Crippen LogP contribution in [0.1, 0.15) is 55.2 Å². The fourth-order valence-corrected chi connectivity index (χ4v) is 7.80. The zero-order valence-electron chi connectivity index (χ0n) is 27.7. The number of phenolic OH excluding ortho intramolecular Hbond substituents is 1. The predicted molar refractivity (Wildman–Crippen MR) is 186 cm³/mol. The molecule has 6 rings (SSSR count). The minimum Gasteiger partial charge on any atom is -0.508 e. The Kier molecular flexibility index (Phi) is 10.4. The van der Waals surface area contributed by atoms with Crippen LogP contribution in [0.5, 0.6) is 5.75 Å². The Morgan fingerprint density at radius 1 is 1.00 bits per heavy atom. The van der Waals surface area contributed by atoms with E-state index < -0.39 is 12.2 Å². The summed E-state index contributed by atoms with van der Waals surface area (Å²) < 4.78 is 6.08. The molecule has 0 radical (unpaired) electrons. The van der Waals surface area contributed by atoms with E-state index in [9.17, 15) is 19.5 Å². The number of hydrogen-bond donors (Lipinski definition) is 2. The number of carbonyl (C=O) groups excluding carboxylic acids is 3. The molecule has 4 amide bonds. The number of piperidine rings is 1. The quantitative estimate of drug-likeness (QED) is 0.425. The second kappa shape index (κ2) is 14.8. The van der Waals surface area contributed by atoms with Crippen molar-refractivity contribution in [2.24, 2.45) is 0 Å². The van der Waals surface area contributed by atoms with Gasteiger partial charge in [-0.3, -0.25) is 9.69 Å². The molecule has 11 heteroatoms. The molecule has 0 bridgehead atoms. The zero-order valence-corrected chi connectivity index (χ0v) is 27.7. The number of amides is 4. The number of nitrogens with zero attached hydrogens (tertiary/aromatic N) is 4. The Morgan fingerprint density at radius 2 is 1.72 bits per heavy atom. The van der Waals surface area contributed by atoms with Gasteiger partial charge in [0, 0.05) is 75.6 Å². The lowest BCUT2D eigenvalue weighted by molar-refractivity contribution is -0.143. The van der Waals surface area contributed by atoms with Gasteiger partial charge in [-0.05, 0) is 60.8 Å². The number of phenols is 1. The number of carbonyl (C=O) groups is 3. The van der Waals surface area contributed by atoms with Crippen LogP contribution in [0.4, 0.5) is 15.3 Å². The Morgan fingerprint density at radius 3 is 2.43 bits per heavy atom. The molecule has 3 heterocycles. The average molecular weight is 642 g/mol. The minimum atomic E-state index is -0.986. The van der Waals surface area contributed by atoms with E-state index >= 15 is 0 Å². The maximum absolute atomic E-state index is 14.0. The molecule has 1 saturated carbocycles. The van der Waals surface area contributed by atoms with E-state index in [0.29, 0.717) is 64.5 Å². The highest BCUT2D eigenvalue weighted by Crippen LogP contribution is 2.27. The number of benzene rings is 2. The van der Waals surface area contributed by atoms with Crippen molar-refractivity contribution in [2.45, 2.75) is 76.4 Å². The summed E-state index contributed by atoms with van der Waals surface area (Å²) in [5.41, 5.74) is 4.17. The summed E-state index contributed by atoms with van der Waals surface area (Å²) in [4.78, 5) is 48.7. The van der Waals surface area contributed by atoms with E-state index in [-0.39, 0.29) is 30.2 Å².